The van der Waals surface area contributed by atoms with Crippen molar-refractivity contribution in [2.75, 3.05) is 19.6 Å². The highest BCUT2D eigenvalue weighted by Gasteiger charge is 2.16. The smallest absolute Gasteiger partial charge is 0.0655 e. The Kier molecular flexibility index (Phi) is 3.16. The zero-order chi connectivity index (χ0) is 9.80. The van der Waals surface area contributed by atoms with Crippen LogP contribution in [0.2, 0.25) is 0 Å². The first-order valence-corrected chi connectivity index (χ1v) is 5.34. The van der Waals surface area contributed by atoms with Gasteiger partial charge in [-0.3, -0.25) is 4.68 Å². The van der Waals surface area contributed by atoms with Crippen LogP contribution in [0.25, 0.3) is 0 Å². The van der Waals surface area contributed by atoms with Crippen LogP contribution < -0.4 is 11.1 Å². The minimum absolute atomic E-state index is 0.557. The lowest BCUT2D eigenvalue weighted by atomic mass is 10.2. The Morgan fingerprint density at radius 2 is 2.57 bits per heavy atom. The van der Waals surface area contributed by atoms with Crippen LogP contribution in [0, 0.1) is 0 Å². The van der Waals surface area contributed by atoms with Gasteiger partial charge < -0.3 is 11.1 Å². The van der Waals surface area contributed by atoms with E-state index in [2.05, 4.69) is 21.3 Å². The molecule has 1 unspecified atom stereocenters. The highest BCUT2D eigenvalue weighted by atomic mass is 15.3. The van der Waals surface area contributed by atoms with Crippen molar-refractivity contribution in [2.45, 2.75) is 25.3 Å². The zero-order valence-corrected chi connectivity index (χ0v) is 8.45. The van der Waals surface area contributed by atoms with E-state index >= 15 is 0 Å². The Bertz CT molecular complexity index is 275. The number of rotatable bonds is 4. The first-order valence-electron chi connectivity index (χ1n) is 5.34. The lowest BCUT2D eigenvalue weighted by Crippen LogP contribution is -2.13. The summed E-state index contributed by atoms with van der Waals surface area (Å²) >= 11 is 0. The van der Waals surface area contributed by atoms with E-state index in [0.29, 0.717) is 6.04 Å². The fourth-order valence-electron chi connectivity index (χ4n) is 1.88. The van der Waals surface area contributed by atoms with E-state index in [4.69, 9.17) is 5.73 Å². The predicted molar refractivity (Wildman–Crippen MR) is 56.1 cm³/mol. The minimum Gasteiger partial charge on any atom is -0.330 e. The van der Waals surface area contributed by atoms with Gasteiger partial charge in [0.15, 0.2) is 0 Å². The summed E-state index contributed by atoms with van der Waals surface area (Å²) in [5.74, 6) is 0. The second-order valence-electron chi connectivity index (χ2n) is 3.87. The summed E-state index contributed by atoms with van der Waals surface area (Å²) in [6, 6.07) is 0.557. The molecule has 1 aliphatic rings. The summed E-state index contributed by atoms with van der Waals surface area (Å²) in [5, 5.41) is 7.73. The number of nitrogens with one attached hydrogen (secondary N) is 1. The molecule has 1 saturated heterocycles. The van der Waals surface area contributed by atoms with Crippen LogP contribution in [0.15, 0.2) is 12.4 Å². The predicted octanol–water partition coefficient (Wildman–Crippen LogP) is 0.309. The third-order valence-corrected chi connectivity index (χ3v) is 2.73. The van der Waals surface area contributed by atoms with Crippen LogP contribution >= 0.6 is 0 Å². The summed E-state index contributed by atoms with van der Waals surface area (Å²) in [6.45, 7) is 2.93. The number of aromatic nitrogens is 2. The molecular formula is C10H18N4. The van der Waals surface area contributed by atoms with Crippen LogP contribution in [0.5, 0.6) is 0 Å². The minimum atomic E-state index is 0.557. The average molecular weight is 194 g/mol. The van der Waals surface area contributed by atoms with Crippen LogP contribution in [0.3, 0.4) is 0 Å². The molecule has 0 bridgehead atoms. The Morgan fingerprint density at radius 1 is 1.64 bits per heavy atom. The van der Waals surface area contributed by atoms with Crippen molar-refractivity contribution < 1.29 is 0 Å². The first-order chi connectivity index (χ1) is 6.90. The topological polar surface area (TPSA) is 55.9 Å². The molecule has 14 heavy (non-hydrogen) atoms. The number of nitrogens with zero attached hydrogens (tertiary/aromatic N) is 2. The molecule has 0 amide bonds. The standard InChI is InChI=1S/C10H18N4/c11-4-1-2-9-6-13-14(8-9)10-3-5-12-7-10/h6,8,10,12H,1-5,7,11H2. The van der Waals surface area contributed by atoms with Crippen molar-refractivity contribution >= 4 is 0 Å². The molecule has 3 N–H and O–H groups in total. The normalized spacial score (nSPS) is 21.6. The maximum absolute atomic E-state index is 5.47. The Hall–Kier alpha value is -0.870. The lowest BCUT2D eigenvalue weighted by molar-refractivity contribution is 0.490. The van der Waals surface area contributed by atoms with Gasteiger partial charge in [-0.15, -0.1) is 0 Å². The highest BCUT2D eigenvalue weighted by Crippen LogP contribution is 2.14. The molecule has 4 nitrogen and oxygen atoms in total. The van der Waals surface area contributed by atoms with Gasteiger partial charge in [0.1, 0.15) is 0 Å². The monoisotopic (exact) mass is 194 g/mol. The Morgan fingerprint density at radius 3 is 3.29 bits per heavy atom. The molecule has 1 aliphatic heterocycles. The van der Waals surface area contributed by atoms with Crippen LogP contribution in [0.1, 0.15) is 24.4 Å². The van der Waals surface area contributed by atoms with Crippen molar-refractivity contribution in [1.82, 2.24) is 15.1 Å². The number of nitrogens with two attached hydrogens (primary N) is 1. The van der Waals surface area contributed by atoms with Gasteiger partial charge in [0.05, 0.1) is 12.2 Å². The van der Waals surface area contributed by atoms with Gasteiger partial charge in [-0.05, 0) is 37.9 Å². The van der Waals surface area contributed by atoms with Gasteiger partial charge >= 0.3 is 0 Å². The van der Waals surface area contributed by atoms with Gasteiger partial charge in [-0.2, -0.15) is 5.10 Å². The van der Waals surface area contributed by atoms with E-state index in [1.807, 2.05) is 6.20 Å². The third-order valence-electron chi connectivity index (χ3n) is 2.73. The molecule has 4 heteroatoms. The number of hydrogen-bond acceptors (Lipinski definition) is 3. The van der Waals surface area contributed by atoms with Crippen molar-refractivity contribution in [3.05, 3.63) is 18.0 Å². The molecule has 78 valence electrons. The fraction of sp³-hybridized carbons (Fsp3) is 0.700. The molecule has 0 aromatic carbocycles. The van der Waals surface area contributed by atoms with Crippen molar-refractivity contribution in [1.29, 1.82) is 0 Å². The molecule has 1 aromatic rings. The fourth-order valence-corrected chi connectivity index (χ4v) is 1.88. The van der Waals surface area contributed by atoms with E-state index in [1.54, 1.807) is 0 Å². The largest absolute Gasteiger partial charge is 0.330 e. The second-order valence-corrected chi connectivity index (χ2v) is 3.87. The quantitative estimate of drug-likeness (QED) is 0.725. The SMILES string of the molecule is NCCCc1cnn(C2CCNC2)c1. The summed E-state index contributed by atoms with van der Waals surface area (Å²) in [6.07, 6.45) is 7.42. The molecule has 2 rings (SSSR count). The summed E-state index contributed by atoms with van der Waals surface area (Å²) in [7, 11) is 0. The third kappa shape index (κ3) is 2.13. The summed E-state index contributed by atoms with van der Waals surface area (Å²) < 4.78 is 2.09. The van der Waals surface area contributed by atoms with Crippen LogP contribution in [0.4, 0.5) is 0 Å². The highest BCUT2D eigenvalue weighted by molar-refractivity contribution is 5.05. The van der Waals surface area contributed by atoms with Gasteiger partial charge in [-0.25, -0.2) is 0 Å². The molecule has 0 aliphatic carbocycles. The van der Waals surface area contributed by atoms with E-state index in [9.17, 15) is 0 Å². The Balaban J connectivity index is 1.94. The maximum atomic E-state index is 5.47. The van der Waals surface area contributed by atoms with Crippen molar-refractivity contribution in [3.8, 4) is 0 Å². The molecule has 1 fully saturated rings. The molecule has 0 saturated carbocycles. The van der Waals surface area contributed by atoms with Crippen molar-refractivity contribution in [3.63, 3.8) is 0 Å². The maximum Gasteiger partial charge on any atom is 0.0655 e. The van der Waals surface area contributed by atoms with Crippen LogP contribution in [-0.4, -0.2) is 29.4 Å². The molecule has 0 spiro atoms. The molecule has 1 atom stereocenters. The molecule has 2 heterocycles. The molecule has 1 aromatic heterocycles. The number of aryl methyl sites for hydroxylation is 1. The second kappa shape index (κ2) is 4.57. The first kappa shape index (κ1) is 9.68. The van der Waals surface area contributed by atoms with E-state index < -0.39 is 0 Å². The van der Waals surface area contributed by atoms with E-state index in [1.165, 1.54) is 12.0 Å². The lowest BCUT2D eigenvalue weighted by Gasteiger charge is -2.07. The molecular weight excluding hydrogens is 176 g/mol. The van der Waals surface area contributed by atoms with E-state index in [0.717, 1.165) is 32.5 Å². The van der Waals surface area contributed by atoms with Gasteiger partial charge in [0.2, 0.25) is 0 Å². The van der Waals surface area contributed by atoms with Crippen LogP contribution in [-0.2, 0) is 6.42 Å². The van der Waals surface area contributed by atoms with Crippen molar-refractivity contribution in [2.24, 2.45) is 5.73 Å². The summed E-state index contributed by atoms with van der Waals surface area (Å²) in [5.41, 5.74) is 6.78. The average Bonchev–Trinajstić information content (AvgIpc) is 2.85. The Labute approximate surface area is 84.5 Å². The summed E-state index contributed by atoms with van der Waals surface area (Å²) in [4.78, 5) is 0. The number of hydrogen-bond donors (Lipinski definition) is 2. The zero-order valence-electron chi connectivity index (χ0n) is 8.45. The van der Waals surface area contributed by atoms with Gasteiger partial charge in [-0.1, -0.05) is 0 Å². The van der Waals surface area contributed by atoms with Gasteiger partial charge in [0.25, 0.3) is 0 Å². The van der Waals surface area contributed by atoms with E-state index in [-0.39, 0.29) is 0 Å². The molecule has 0 radical (unpaired) electrons. The van der Waals surface area contributed by atoms with Gasteiger partial charge in [0, 0.05) is 12.7 Å².